The van der Waals surface area contributed by atoms with Crippen molar-refractivity contribution in [1.82, 2.24) is 10.2 Å². The molecular formula is C21H30N2O3. The van der Waals surface area contributed by atoms with Crippen molar-refractivity contribution in [3.63, 3.8) is 0 Å². The Hall–Kier alpha value is -2.04. The summed E-state index contributed by atoms with van der Waals surface area (Å²) in [5, 5.41) is 3.05. The third-order valence-corrected chi connectivity index (χ3v) is 5.58. The van der Waals surface area contributed by atoms with Crippen LogP contribution in [0.1, 0.15) is 50.5 Å². The number of aryl methyl sites for hydroxylation is 1. The number of nitrogens with zero attached hydrogens (tertiary/aromatic N) is 1. The summed E-state index contributed by atoms with van der Waals surface area (Å²) in [6, 6.07) is 7.83. The number of rotatable bonds is 5. The van der Waals surface area contributed by atoms with Crippen molar-refractivity contribution < 1.29 is 14.3 Å². The Labute approximate surface area is 156 Å². The van der Waals surface area contributed by atoms with Crippen LogP contribution in [0.4, 0.5) is 0 Å². The Balaban J connectivity index is 1.38. The first kappa shape index (κ1) is 18.7. The van der Waals surface area contributed by atoms with Gasteiger partial charge in [-0.15, -0.1) is 0 Å². The summed E-state index contributed by atoms with van der Waals surface area (Å²) in [6.07, 6.45) is 7.39. The van der Waals surface area contributed by atoms with Gasteiger partial charge in [0.1, 0.15) is 5.75 Å². The fourth-order valence-electron chi connectivity index (χ4n) is 3.98. The maximum atomic E-state index is 12.6. The zero-order valence-electron chi connectivity index (χ0n) is 15.7. The standard InChI is InChI=1S/C21H30N2O3/c1-16-7-5-6-10-19(16)26-15-20(24)22-18-11-13-23(14-12-18)21(25)17-8-3-2-4-9-17/h5-7,10,17-18H,2-4,8-9,11-15H2,1H3,(H,22,24). The maximum Gasteiger partial charge on any atom is 0.258 e. The van der Waals surface area contributed by atoms with E-state index in [0.717, 1.165) is 50.1 Å². The van der Waals surface area contributed by atoms with E-state index in [2.05, 4.69) is 5.32 Å². The van der Waals surface area contributed by atoms with Crippen molar-refractivity contribution in [2.45, 2.75) is 57.9 Å². The fraction of sp³-hybridized carbons (Fsp3) is 0.619. The zero-order chi connectivity index (χ0) is 18.4. The summed E-state index contributed by atoms with van der Waals surface area (Å²) >= 11 is 0. The topological polar surface area (TPSA) is 58.6 Å². The van der Waals surface area contributed by atoms with Gasteiger partial charge in [-0.2, -0.15) is 0 Å². The SMILES string of the molecule is Cc1ccccc1OCC(=O)NC1CCN(C(=O)C2CCCCC2)CC1. The molecular weight excluding hydrogens is 328 g/mol. The Morgan fingerprint density at radius 3 is 2.46 bits per heavy atom. The quantitative estimate of drug-likeness (QED) is 0.880. The van der Waals surface area contributed by atoms with Gasteiger partial charge in [-0.25, -0.2) is 0 Å². The summed E-state index contributed by atoms with van der Waals surface area (Å²) in [5.74, 6) is 1.22. The van der Waals surface area contributed by atoms with Crippen molar-refractivity contribution >= 4 is 11.8 Å². The molecule has 0 bridgehead atoms. The van der Waals surface area contributed by atoms with Crippen LogP contribution < -0.4 is 10.1 Å². The number of carbonyl (C=O) groups excluding carboxylic acids is 2. The predicted molar refractivity (Wildman–Crippen MR) is 101 cm³/mol. The van der Waals surface area contributed by atoms with Gasteiger partial charge in [-0.3, -0.25) is 9.59 Å². The van der Waals surface area contributed by atoms with Gasteiger partial charge in [0, 0.05) is 25.0 Å². The summed E-state index contributed by atoms with van der Waals surface area (Å²) < 4.78 is 5.60. The molecule has 1 aromatic rings. The molecule has 26 heavy (non-hydrogen) atoms. The number of ether oxygens (including phenoxy) is 1. The molecule has 2 aliphatic rings. The molecule has 1 aliphatic carbocycles. The number of likely N-dealkylation sites (tertiary alicyclic amines) is 1. The van der Waals surface area contributed by atoms with E-state index in [1.54, 1.807) is 0 Å². The van der Waals surface area contributed by atoms with Gasteiger partial charge in [-0.1, -0.05) is 37.5 Å². The molecule has 0 radical (unpaired) electrons. The molecule has 5 nitrogen and oxygen atoms in total. The van der Waals surface area contributed by atoms with E-state index in [0.29, 0.717) is 5.91 Å². The minimum Gasteiger partial charge on any atom is -0.484 e. The summed E-state index contributed by atoms with van der Waals surface area (Å²) in [5.41, 5.74) is 1.02. The van der Waals surface area contributed by atoms with Gasteiger partial charge in [0.25, 0.3) is 5.91 Å². The Morgan fingerprint density at radius 1 is 1.08 bits per heavy atom. The second-order valence-corrected chi connectivity index (χ2v) is 7.56. The summed E-state index contributed by atoms with van der Waals surface area (Å²) in [6.45, 7) is 3.50. The average molecular weight is 358 g/mol. The first-order valence-corrected chi connectivity index (χ1v) is 9.90. The molecule has 1 saturated heterocycles. The maximum absolute atomic E-state index is 12.6. The second-order valence-electron chi connectivity index (χ2n) is 7.56. The fourth-order valence-corrected chi connectivity index (χ4v) is 3.98. The van der Waals surface area contributed by atoms with Crippen LogP contribution >= 0.6 is 0 Å². The van der Waals surface area contributed by atoms with Crippen molar-refractivity contribution in [2.75, 3.05) is 19.7 Å². The van der Waals surface area contributed by atoms with Crippen LogP contribution in [0.15, 0.2) is 24.3 Å². The molecule has 0 aromatic heterocycles. The molecule has 1 saturated carbocycles. The molecule has 1 aliphatic heterocycles. The molecule has 0 atom stereocenters. The van der Waals surface area contributed by atoms with Crippen LogP contribution in [0.3, 0.4) is 0 Å². The van der Waals surface area contributed by atoms with Crippen molar-refractivity contribution in [3.8, 4) is 5.75 Å². The largest absolute Gasteiger partial charge is 0.484 e. The normalized spacial score (nSPS) is 19.2. The first-order valence-electron chi connectivity index (χ1n) is 9.90. The van der Waals surface area contributed by atoms with Gasteiger partial charge < -0.3 is 15.0 Å². The summed E-state index contributed by atoms with van der Waals surface area (Å²) in [4.78, 5) is 26.7. The van der Waals surface area contributed by atoms with Crippen molar-refractivity contribution in [1.29, 1.82) is 0 Å². The highest BCUT2D eigenvalue weighted by Crippen LogP contribution is 2.26. The van der Waals surface area contributed by atoms with Crippen molar-refractivity contribution in [3.05, 3.63) is 29.8 Å². The van der Waals surface area contributed by atoms with E-state index in [1.807, 2.05) is 36.1 Å². The molecule has 142 valence electrons. The number of hydrogen-bond acceptors (Lipinski definition) is 3. The van der Waals surface area contributed by atoms with Gasteiger partial charge >= 0.3 is 0 Å². The number of para-hydroxylation sites is 1. The molecule has 0 spiro atoms. The average Bonchev–Trinajstić information content (AvgIpc) is 2.68. The Morgan fingerprint density at radius 2 is 1.77 bits per heavy atom. The first-order chi connectivity index (χ1) is 12.6. The number of benzene rings is 1. The highest BCUT2D eigenvalue weighted by atomic mass is 16.5. The van der Waals surface area contributed by atoms with E-state index in [1.165, 1.54) is 19.3 Å². The Bertz CT molecular complexity index is 617. The molecule has 1 aromatic carbocycles. The monoisotopic (exact) mass is 358 g/mol. The van der Waals surface area contributed by atoms with E-state index < -0.39 is 0 Å². The molecule has 2 fully saturated rings. The van der Waals surface area contributed by atoms with Gasteiger partial charge in [0.2, 0.25) is 5.91 Å². The van der Waals surface area contributed by atoms with E-state index >= 15 is 0 Å². The van der Waals surface area contributed by atoms with Crippen LogP contribution in [0.5, 0.6) is 5.75 Å². The molecule has 1 heterocycles. The van der Waals surface area contributed by atoms with Crippen LogP contribution in [-0.2, 0) is 9.59 Å². The Kier molecular flexibility index (Phi) is 6.53. The lowest BCUT2D eigenvalue weighted by Crippen LogP contribution is -2.49. The molecule has 2 amide bonds. The predicted octanol–water partition coefficient (Wildman–Crippen LogP) is 3.06. The zero-order valence-corrected chi connectivity index (χ0v) is 15.7. The van der Waals surface area contributed by atoms with E-state index in [-0.39, 0.29) is 24.5 Å². The molecule has 0 unspecified atom stereocenters. The smallest absolute Gasteiger partial charge is 0.258 e. The lowest BCUT2D eigenvalue weighted by molar-refractivity contribution is -0.137. The molecule has 1 N–H and O–H groups in total. The van der Waals surface area contributed by atoms with Gasteiger partial charge in [0.15, 0.2) is 6.61 Å². The molecule has 5 heteroatoms. The third-order valence-electron chi connectivity index (χ3n) is 5.58. The molecule has 3 rings (SSSR count). The van der Waals surface area contributed by atoms with Gasteiger partial charge in [-0.05, 0) is 44.2 Å². The highest BCUT2D eigenvalue weighted by molar-refractivity contribution is 5.79. The number of carbonyl (C=O) groups is 2. The number of hydrogen-bond donors (Lipinski definition) is 1. The van der Waals surface area contributed by atoms with Crippen LogP contribution in [-0.4, -0.2) is 42.5 Å². The van der Waals surface area contributed by atoms with E-state index in [9.17, 15) is 9.59 Å². The lowest BCUT2D eigenvalue weighted by Gasteiger charge is -2.35. The number of amides is 2. The summed E-state index contributed by atoms with van der Waals surface area (Å²) in [7, 11) is 0. The minimum atomic E-state index is -0.0923. The van der Waals surface area contributed by atoms with Gasteiger partial charge in [0.05, 0.1) is 0 Å². The number of piperidine rings is 1. The second kappa shape index (κ2) is 9.06. The highest BCUT2D eigenvalue weighted by Gasteiger charge is 2.29. The van der Waals surface area contributed by atoms with Crippen molar-refractivity contribution in [2.24, 2.45) is 5.92 Å². The lowest BCUT2D eigenvalue weighted by atomic mass is 9.87. The minimum absolute atomic E-state index is 0.0338. The van der Waals surface area contributed by atoms with Crippen LogP contribution in [0, 0.1) is 12.8 Å². The van der Waals surface area contributed by atoms with Crippen LogP contribution in [0.25, 0.3) is 0 Å². The van der Waals surface area contributed by atoms with Crippen LogP contribution in [0.2, 0.25) is 0 Å². The van der Waals surface area contributed by atoms with E-state index in [4.69, 9.17) is 4.74 Å². The third kappa shape index (κ3) is 4.99. The number of nitrogens with one attached hydrogen (secondary N) is 1.